The number of hydrogen-bond donors (Lipinski definition) is 1. The van der Waals surface area contributed by atoms with E-state index in [2.05, 4.69) is 10.3 Å². The van der Waals surface area contributed by atoms with Gasteiger partial charge in [0, 0.05) is 36.4 Å². The zero-order valence-corrected chi connectivity index (χ0v) is 26.8. The number of amides is 4. The van der Waals surface area contributed by atoms with Crippen molar-refractivity contribution in [2.45, 2.75) is 6.61 Å². The van der Waals surface area contributed by atoms with Crippen LogP contribution in [0.15, 0.2) is 103 Å². The summed E-state index contributed by atoms with van der Waals surface area (Å²) in [7, 11) is 3.10. The SMILES string of the molecule is COc1cc2nccc(Oc3ccc(NC(=O)C4CN(CCOCc5ccccc5)C(=O)N(c5ccc(F)cc5)C4=O)cc3)c2cc1OC. The van der Waals surface area contributed by atoms with Gasteiger partial charge in [-0.05, 0) is 66.2 Å². The smallest absolute Gasteiger partial charge is 0.331 e. The highest BCUT2D eigenvalue weighted by Crippen LogP contribution is 2.37. The molecule has 4 amide bonds. The number of methoxy groups -OCH3 is 2. The Balaban J connectivity index is 1.16. The van der Waals surface area contributed by atoms with Crippen LogP contribution in [0, 0.1) is 11.7 Å². The van der Waals surface area contributed by atoms with Crippen LogP contribution in [0.25, 0.3) is 10.9 Å². The van der Waals surface area contributed by atoms with Crippen LogP contribution in [0.3, 0.4) is 0 Å². The van der Waals surface area contributed by atoms with Crippen LogP contribution in [-0.4, -0.2) is 61.6 Å². The number of halogens is 1. The lowest BCUT2D eigenvalue weighted by Gasteiger charge is -2.37. The molecule has 1 atom stereocenters. The first-order valence-corrected chi connectivity index (χ1v) is 15.4. The van der Waals surface area contributed by atoms with Crippen molar-refractivity contribution < 1.29 is 37.7 Å². The molecule has 12 heteroatoms. The number of benzene rings is 4. The fraction of sp³-hybridized carbons (Fsp3) is 0.189. The van der Waals surface area contributed by atoms with Gasteiger partial charge in [0.05, 0.1) is 38.6 Å². The highest BCUT2D eigenvalue weighted by molar-refractivity contribution is 6.23. The lowest BCUT2D eigenvalue weighted by Crippen LogP contribution is -2.60. The zero-order valence-electron chi connectivity index (χ0n) is 26.8. The van der Waals surface area contributed by atoms with Gasteiger partial charge < -0.3 is 29.2 Å². The fourth-order valence-corrected chi connectivity index (χ4v) is 5.42. The van der Waals surface area contributed by atoms with Gasteiger partial charge in [-0.1, -0.05) is 30.3 Å². The Morgan fingerprint density at radius 2 is 1.61 bits per heavy atom. The van der Waals surface area contributed by atoms with E-state index in [-0.39, 0.29) is 25.4 Å². The summed E-state index contributed by atoms with van der Waals surface area (Å²) in [6.45, 7) is 0.498. The largest absolute Gasteiger partial charge is 0.493 e. The Morgan fingerprint density at radius 1 is 0.898 bits per heavy atom. The van der Waals surface area contributed by atoms with Crippen molar-refractivity contribution in [3.63, 3.8) is 0 Å². The lowest BCUT2D eigenvalue weighted by atomic mass is 10.0. The number of imide groups is 1. The van der Waals surface area contributed by atoms with Gasteiger partial charge in [0.15, 0.2) is 11.5 Å². The topological polar surface area (TPSA) is 120 Å². The summed E-state index contributed by atoms with van der Waals surface area (Å²) in [4.78, 5) is 47.3. The number of anilines is 2. The maximum atomic E-state index is 13.7. The monoisotopic (exact) mass is 664 g/mol. The molecule has 49 heavy (non-hydrogen) atoms. The van der Waals surface area contributed by atoms with Crippen molar-refractivity contribution in [1.29, 1.82) is 0 Å². The van der Waals surface area contributed by atoms with Crippen LogP contribution in [-0.2, 0) is 20.9 Å². The highest BCUT2D eigenvalue weighted by atomic mass is 19.1. The van der Waals surface area contributed by atoms with Crippen molar-refractivity contribution in [3.05, 3.63) is 115 Å². The standard InChI is InChI=1S/C37H33FN4O7/c1-46-33-20-29-31(21-34(33)47-2)39-17-16-32(29)49-28-14-10-26(11-15-28)40-35(43)30-22-41(18-19-48-23-24-6-4-3-5-7-24)37(45)42(36(30)44)27-12-8-25(38)9-13-27/h3-17,20-21,30H,18-19,22-23H2,1-2H3,(H,40,43). The number of urea groups is 1. The molecule has 0 aliphatic carbocycles. The van der Waals surface area contributed by atoms with Crippen LogP contribution in [0.4, 0.5) is 20.6 Å². The molecule has 1 unspecified atom stereocenters. The average molecular weight is 665 g/mol. The van der Waals surface area contributed by atoms with E-state index in [4.69, 9.17) is 18.9 Å². The van der Waals surface area contributed by atoms with Gasteiger partial charge in [0.2, 0.25) is 11.8 Å². The quantitative estimate of drug-likeness (QED) is 0.120. The molecule has 1 fully saturated rings. The van der Waals surface area contributed by atoms with Gasteiger partial charge in [0.1, 0.15) is 23.2 Å². The predicted octanol–water partition coefficient (Wildman–Crippen LogP) is 6.42. The molecule has 1 aliphatic heterocycles. The number of pyridine rings is 1. The molecule has 1 aromatic heterocycles. The van der Waals surface area contributed by atoms with Gasteiger partial charge in [-0.15, -0.1) is 0 Å². The maximum Gasteiger partial charge on any atom is 0.331 e. The molecule has 250 valence electrons. The lowest BCUT2D eigenvalue weighted by molar-refractivity contribution is -0.132. The van der Waals surface area contributed by atoms with Gasteiger partial charge in [-0.2, -0.15) is 0 Å². The highest BCUT2D eigenvalue weighted by Gasteiger charge is 2.43. The van der Waals surface area contributed by atoms with Gasteiger partial charge in [0.25, 0.3) is 0 Å². The van der Waals surface area contributed by atoms with Crippen molar-refractivity contribution in [2.24, 2.45) is 5.92 Å². The molecule has 6 rings (SSSR count). The van der Waals surface area contributed by atoms with Gasteiger partial charge in [-0.3, -0.25) is 14.6 Å². The van der Waals surface area contributed by atoms with Crippen molar-refractivity contribution in [2.75, 3.05) is 44.1 Å². The third kappa shape index (κ3) is 7.44. The first kappa shape index (κ1) is 32.9. The van der Waals surface area contributed by atoms with Crippen molar-refractivity contribution in [3.8, 4) is 23.0 Å². The van der Waals surface area contributed by atoms with E-state index in [0.29, 0.717) is 46.2 Å². The first-order chi connectivity index (χ1) is 23.8. The number of ether oxygens (including phenoxy) is 4. The molecule has 0 spiro atoms. The normalized spacial score (nSPS) is 14.6. The van der Waals surface area contributed by atoms with E-state index in [0.717, 1.165) is 22.6 Å². The molecule has 0 saturated carbocycles. The minimum Gasteiger partial charge on any atom is -0.493 e. The zero-order chi connectivity index (χ0) is 34.3. The van der Waals surface area contributed by atoms with Gasteiger partial charge in [-0.25, -0.2) is 14.1 Å². The molecule has 0 radical (unpaired) electrons. The van der Waals surface area contributed by atoms with E-state index in [1.54, 1.807) is 62.9 Å². The van der Waals surface area contributed by atoms with Crippen LogP contribution >= 0.6 is 0 Å². The summed E-state index contributed by atoms with van der Waals surface area (Å²) in [5, 5.41) is 3.50. The molecule has 0 bridgehead atoms. The summed E-state index contributed by atoms with van der Waals surface area (Å²) in [6.07, 6.45) is 1.62. The second-order valence-electron chi connectivity index (χ2n) is 11.1. The van der Waals surface area contributed by atoms with E-state index >= 15 is 0 Å². The van der Waals surface area contributed by atoms with E-state index < -0.39 is 29.6 Å². The number of carbonyl (C=O) groups is 3. The Hall–Kier alpha value is -6.01. The summed E-state index contributed by atoms with van der Waals surface area (Å²) in [5.74, 6) is -0.977. The third-order valence-electron chi connectivity index (χ3n) is 7.96. The molecule has 4 aromatic carbocycles. The van der Waals surface area contributed by atoms with Crippen LogP contribution < -0.4 is 24.4 Å². The Morgan fingerprint density at radius 3 is 2.33 bits per heavy atom. The Kier molecular flexibility index (Phi) is 9.96. The van der Waals surface area contributed by atoms with Crippen LogP contribution in [0.5, 0.6) is 23.0 Å². The molecular weight excluding hydrogens is 631 g/mol. The Labute approximate surface area is 281 Å². The predicted molar refractivity (Wildman–Crippen MR) is 180 cm³/mol. The number of aromatic nitrogens is 1. The fourth-order valence-electron chi connectivity index (χ4n) is 5.42. The third-order valence-corrected chi connectivity index (χ3v) is 7.96. The molecular formula is C37H33FN4O7. The molecule has 5 aromatic rings. The molecule has 1 saturated heterocycles. The van der Waals surface area contributed by atoms with E-state index in [1.807, 2.05) is 30.3 Å². The van der Waals surface area contributed by atoms with E-state index in [9.17, 15) is 18.8 Å². The molecule has 1 aliphatic rings. The number of rotatable bonds is 12. The molecule has 2 heterocycles. The summed E-state index contributed by atoms with van der Waals surface area (Å²) >= 11 is 0. The average Bonchev–Trinajstić information content (AvgIpc) is 3.12. The summed E-state index contributed by atoms with van der Waals surface area (Å²) in [6, 6.07) is 25.8. The minimum absolute atomic E-state index is 0.134. The van der Waals surface area contributed by atoms with E-state index in [1.165, 1.54) is 17.0 Å². The number of nitrogens with zero attached hydrogens (tertiary/aromatic N) is 3. The van der Waals surface area contributed by atoms with Crippen molar-refractivity contribution >= 4 is 40.1 Å². The number of carbonyl (C=O) groups excluding carboxylic acids is 3. The number of hydrogen-bond acceptors (Lipinski definition) is 8. The maximum absolute atomic E-state index is 13.7. The second kappa shape index (κ2) is 14.8. The minimum atomic E-state index is -1.23. The van der Waals surface area contributed by atoms with Crippen LogP contribution in [0.1, 0.15) is 5.56 Å². The first-order valence-electron chi connectivity index (χ1n) is 15.4. The van der Waals surface area contributed by atoms with Crippen LogP contribution in [0.2, 0.25) is 0 Å². The second-order valence-corrected chi connectivity index (χ2v) is 11.1. The Bertz CT molecular complexity index is 1960. The number of fused-ring (bicyclic) bond motifs is 1. The van der Waals surface area contributed by atoms with Gasteiger partial charge >= 0.3 is 6.03 Å². The number of nitrogens with one attached hydrogen (secondary N) is 1. The molecule has 11 nitrogen and oxygen atoms in total. The summed E-state index contributed by atoms with van der Waals surface area (Å²) in [5.41, 5.74) is 2.20. The summed E-state index contributed by atoms with van der Waals surface area (Å²) < 4.78 is 36.4. The van der Waals surface area contributed by atoms with Crippen molar-refractivity contribution in [1.82, 2.24) is 9.88 Å². The molecule has 1 N–H and O–H groups in total.